The minimum atomic E-state index is -5.55. The third kappa shape index (κ3) is 8.40. The van der Waals surface area contributed by atoms with Gasteiger partial charge >= 0.3 is 15.6 Å². The summed E-state index contributed by atoms with van der Waals surface area (Å²) in [5, 5.41) is 4.33. The molecular weight excluding hydrogens is 311 g/mol. The first-order chi connectivity index (χ1) is 8.33. The van der Waals surface area contributed by atoms with Crippen LogP contribution in [0.15, 0.2) is 30.3 Å². The lowest BCUT2D eigenvalue weighted by molar-refractivity contribution is -0.0500. The van der Waals surface area contributed by atoms with E-state index in [1.165, 1.54) is 18.2 Å². The highest BCUT2D eigenvalue weighted by atomic mass is 32.2. The molecule has 0 atom stereocenters. The maximum Gasteiger partial charge on any atom is 0.534 e. The van der Waals surface area contributed by atoms with Gasteiger partial charge in [0.05, 0.1) is 6.26 Å². The van der Waals surface area contributed by atoms with Crippen molar-refractivity contribution in [3.05, 3.63) is 30.3 Å². The van der Waals surface area contributed by atoms with Gasteiger partial charge < -0.3 is 4.18 Å². The molecular formula is C8H10F3NO5S2. The number of nitrogens with two attached hydrogens (primary N) is 1. The van der Waals surface area contributed by atoms with Gasteiger partial charge in [-0.3, -0.25) is 0 Å². The maximum absolute atomic E-state index is 11.8. The fourth-order valence-corrected chi connectivity index (χ4v) is 1.11. The third-order valence-electron chi connectivity index (χ3n) is 1.23. The highest BCUT2D eigenvalue weighted by molar-refractivity contribution is 7.88. The molecule has 0 fully saturated rings. The molecule has 0 aliphatic rings. The van der Waals surface area contributed by atoms with E-state index in [2.05, 4.69) is 9.32 Å². The molecule has 6 nitrogen and oxygen atoms in total. The van der Waals surface area contributed by atoms with Crippen LogP contribution in [0.3, 0.4) is 0 Å². The van der Waals surface area contributed by atoms with Gasteiger partial charge in [-0.15, -0.1) is 0 Å². The third-order valence-corrected chi connectivity index (χ3v) is 2.21. The van der Waals surface area contributed by atoms with Crippen LogP contribution in [0.1, 0.15) is 0 Å². The van der Waals surface area contributed by atoms with Gasteiger partial charge in [0.1, 0.15) is 5.75 Å². The average molecular weight is 321 g/mol. The highest BCUT2D eigenvalue weighted by Gasteiger charge is 2.48. The van der Waals surface area contributed by atoms with Gasteiger partial charge in [0.25, 0.3) is 0 Å². The van der Waals surface area contributed by atoms with E-state index in [-0.39, 0.29) is 5.75 Å². The first-order valence-corrected chi connectivity index (χ1v) is 7.73. The molecule has 1 aromatic carbocycles. The van der Waals surface area contributed by atoms with Gasteiger partial charge in [-0.05, 0) is 12.1 Å². The number of alkyl halides is 3. The lowest BCUT2D eigenvalue weighted by atomic mass is 10.3. The molecule has 0 unspecified atom stereocenters. The molecule has 2 N–H and O–H groups in total. The number of halogens is 3. The Labute approximate surface area is 108 Å². The summed E-state index contributed by atoms with van der Waals surface area (Å²) >= 11 is 0. The molecule has 0 heterocycles. The normalized spacial score (nSPS) is 12.3. The second-order valence-electron chi connectivity index (χ2n) is 3.13. The molecule has 0 saturated heterocycles. The Morgan fingerprint density at radius 3 is 1.74 bits per heavy atom. The fourth-order valence-electron chi connectivity index (χ4n) is 0.650. The van der Waals surface area contributed by atoms with Crippen molar-refractivity contribution >= 4 is 20.1 Å². The average Bonchev–Trinajstić information content (AvgIpc) is 2.13. The van der Waals surface area contributed by atoms with Gasteiger partial charge in [-0.25, -0.2) is 13.6 Å². The van der Waals surface area contributed by atoms with Crippen LogP contribution in [0.2, 0.25) is 0 Å². The van der Waals surface area contributed by atoms with Crippen molar-refractivity contribution in [2.24, 2.45) is 5.14 Å². The standard InChI is InChI=1S/C7H5F3O3S.CH5NO2S/c8-7(9,10)14(11,12)13-6-4-2-1-3-5-6;1-5(2,3)4/h1-5H;1H3,(H2,2,3,4). The van der Waals surface area contributed by atoms with Crippen molar-refractivity contribution in [3.63, 3.8) is 0 Å². The Kier molecular flexibility index (Phi) is 5.78. The summed E-state index contributed by atoms with van der Waals surface area (Å²) in [7, 11) is -8.72. The number of benzene rings is 1. The van der Waals surface area contributed by atoms with Crippen LogP contribution >= 0.6 is 0 Å². The Bertz CT molecular complexity index is 587. The van der Waals surface area contributed by atoms with Crippen molar-refractivity contribution in [2.75, 3.05) is 6.26 Å². The molecule has 11 heteroatoms. The number of rotatable bonds is 2. The van der Waals surface area contributed by atoms with E-state index in [1.54, 1.807) is 0 Å². The van der Waals surface area contributed by atoms with E-state index in [4.69, 9.17) is 0 Å². The van der Waals surface area contributed by atoms with Crippen molar-refractivity contribution in [1.82, 2.24) is 0 Å². The van der Waals surface area contributed by atoms with E-state index < -0.39 is 25.6 Å². The largest absolute Gasteiger partial charge is 0.534 e. The minimum absolute atomic E-state index is 0.371. The van der Waals surface area contributed by atoms with E-state index in [0.717, 1.165) is 18.4 Å². The molecule has 0 aliphatic carbocycles. The lowest BCUT2D eigenvalue weighted by Crippen LogP contribution is -2.27. The number of hydrogen-bond donors (Lipinski definition) is 1. The molecule has 0 spiro atoms. The van der Waals surface area contributed by atoms with Crippen LogP contribution in [-0.2, 0) is 20.1 Å². The van der Waals surface area contributed by atoms with Crippen LogP contribution in [0.5, 0.6) is 5.75 Å². The van der Waals surface area contributed by atoms with Crippen LogP contribution in [0.25, 0.3) is 0 Å². The summed E-state index contributed by atoms with van der Waals surface area (Å²) in [5.41, 5.74) is -5.40. The Morgan fingerprint density at radius 1 is 1.05 bits per heavy atom. The zero-order valence-electron chi connectivity index (χ0n) is 9.46. The zero-order chi connectivity index (χ0) is 15.3. The molecule has 0 aromatic heterocycles. The summed E-state index contributed by atoms with van der Waals surface area (Å²) in [5.74, 6) is -0.371. The monoisotopic (exact) mass is 321 g/mol. The van der Waals surface area contributed by atoms with Gasteiger partial charge in [-0.1, -0.05) is 18.2 Å². The van der Waals surface area contributed by atoms with Crippen molar-refractivity contribution in [3.8, 4) is 5.75 Å². The Balaban J connectivity index is 0.000000555. The van der Waals surface area contributed by atoms with Gasteiger partial charge in [0.2, 0.25) is 10.0 Å². The first kappa shape index (κ1) is 17.7. The summed E-state index contributed by atoms with van der Waals surface area (Å²) in [6, 6.07) is 6.47. The summed E-state index contributed by atoms with van der Waals surface area (Å²) < 4.78 is 79.0. The quantitative estimate of drug-likeness (QED) is 0.641. The SMILES string of the molecule is CS(N)(=O)=O.O=S(=O)(Oc1ccccc1)C(F)(F)F. The van der Waals surface area contributed by atoms with Crippen LogP contribution in [-0.4, -0.2) is 28.6 Å². The topological polar surface area (TPSA) is 104 Å². The van der Waals surface area contributed by atoms with E-state index in [0.29, 0.717) is 0 Å². The molecule has 1 rings (SSSR count). The van der Waals surface area contributed by atoms with E-state index in [9.17, 15) is 30.0 Å². The molecule has 0 amide bonds. The lowest BCUT2D eigenvalue weighted by Gasteiger charge is -2.08. The predicted octanol–water partition coefficient (Wildman–Crippen LogP) is 0.820. The van der Waals surface area contributed by atoms with Gasteiger partial charge in [0, 0.05) is 0 Å². The van der Waals surface area contributed by atoms with Crippen LogP contribution in [0, 0.1) is 0 Å². The molecule has 1 aromatic rings. The number of sulfonamides is 1. The number of para-hydroxylation sites is 1. The molecule has 0 aliphatic heterocycles. The zero-order valence-corrected chi connectivity index (χ0v) is 11.1. The van der Waals surface area contributed by atoms with Gasteiger partial charge in [-0.2, -0.15) is 21.6 Å². The van der Waals surface area contributed by atoms with Gasteiger partial charge in [0.15, 0.2) is 0 Å². The Hall–Kier alpha value is -1.33. The second-order valence-corrected chi connectivity index (χ2v) is 6.32. The number of hydrogen-bond acceptors (Lipinski definition) is 5. The van der Waals surface area contributed by atoms with E-state index in [1.807, 2.05) is 0 Å². The summed E-state index contributed by atoms with van der Waals surface area (Å²) in [6.45, 7) is 0. The summed E-state index contributed by atoms with van der Waals surface area (Å²) in [6.07, 6.45) is 0.938. The predicted molar refractivity (Wildman–Crippen MR) is 61.1 cm³/mol. The van der Waals surface area contributed by atoms with Crippen LogP contribution < -0.4 is 9.32 Å². The van der Waals surface area contributed by atoms with Crippen molar-refractivity contribution in [2.45, 2.75) is 5.51 Å². The maximum atomic E-state index is 11.8. The van der Waals surface area contributed by atoms with Crippen LogP contribution in [0.4, 0.5) is 13.2 Å². The Morgan fingerprint density at radius 2 is 1.42 bits per heavy atom. The highest BCUT2D eigenvalue weighted by Crippen LogP contribution is 2.26. The fraction of sp³-hybridized carbons (Fsp3) is 0.250. The number of primary sulfonamides is 1. The second kappa shape index (κ2) is 6.21. The molecule has 0 bridgehead atoms. The van der Waals surface area contributed by atoms with E-state index >= 15 is 0 Å². The van der Waals surface area contributed by atoms with Crippen molar-refractivity contribution in [1.29, 1.82) is 0 Å². The first-order valence-electron chi connectivity index (χ1n) is 4.36. The molecule has 0 saturated carbocycles. The van der Waals surface area contributed by atoms with Crippen molar-refractivity contribution < 1.29 is 34.2 Å². The molecule has 110 valence electrons. The summed E-state index contributed by atoms with van der Waals surface area (Å²) in [4.78, 5) is 0. The molecule has 0 radical (unpaired) electrons. The minimum Gasteiger partial charge on any atom is -0.376 e. The smallest absolute Gasteiger partial charge is 0.376 e. The molecule has 19 heavy (non-hydrogen) atoms.